The molecule has 0 unspecified atom stereocenters. The molecule has 3 nitrogen and oxygen atoms in total. The zero-order chi connectivity index (χ0) is 11.5. The molecule has 0 saturated heterocycles. The molecule has 6 heteroatoms. The Morgan fingerprint density at radius 3 is 2.73 bits per heavy atom. The van der Waals surface area contributed by atoms with Crippen LogP contribution in [0.1, 0.15) is 17.3 Å². The molecular formula is C9H10F3NO2. The Labute approximate surface area is 84.4 Å². The molecule has 0 spiro atoms. The van der Waals surface area contributed by atoms with Crippen LogP contribution in [0.25, 0.3) is 0 Å². The van der Waals surface area contributed by atoms with E-state index in [0.29, 0.717) is 6.61 Å². The molecular weight excluding hydrogens is 211 g/mol. The van der Waals surface area contributed by atoms with Gasteiger partial charge in [0.1, 0.15) is 6.73 Å². The maximum atomic E-state index is 12.0. The number of hydrogen-bond acceptors (Lipinski definition) is 2. The number of ketones is 1. The minimum atomic E-state index is -4.82. The lowest BCUT2D eigenvalue weighted by Gasteiger charge is -2.03. The van der Waals surface area contributed by atoms with E-state index < -0.39 is 12.0 Å². The van der Waals surface area contributed by atoms with Gasteiger partial charge in [-0.25, -0.2) is 0 Å². The fraction of sp³-hybridized carbons (Fsp3) is 0.444. The van der Waals surface area contributed by atoms with Crippen molar-refractivity contribution in [2.75, 3.05) is 6.61 Å². The molecule has 15 heavy (non-hydrogen) atoms. The number of hydrogen-bond donors (Lipinski definition) is 0. The van der Waals surface area contributed by atoms with E-state index in [-0.39, 0.29) is 12.3 Å². The third-order valence-corrected chi connectivity index (χ3v) is 1.71. The number of ether oxygens (including phenoxy) is 1. The van der Waals surface area contributed by atoms with Gasteiger partial charge in [0, 0.05) is 24.6 Å². The van der Waals surface area contributed by atoms with Gasteiger partial charge in [-0.05, 0) is 13.0 Å². The summed E-state index contributed by atoms with van der Waals surface area (Å²) in [7, 11) is 0. The van der Waals surface area contributed by atoms with Gasteiger partial charge in [-0.3, -0.25) is 4.79 Å². The number of carbonyl (C=O) groups is 1. The first-order chi connectivity index (χ1) is 6.95. The van der Waals surface area contributed by atoms with Crippen molar-refractivity contribution in [1.82, 2.24) is 4.57 Å². The molecule has 1 heterocycles. The molecule has 0 aliphatic carbocycles. The van der Waals surface area contributed by atoms with Gasteiger partial charge in [0.15, 0.2) is 0 Å². The van der Waals surface area contributed by atoms with Gasteiger partial charge in [0.05, 0.1) is 0 Å². The summed E-state index contributed by atoms with van der Waals surface area (Å²) in [5.74, 6) is -1.84. The topological polar surface area (TPSA) is 31.2 Å². The Kier molecular flexibility index (Phi) is 3.52. The average molecular weight is 221 g/mol. The van der Waals surface area contributed by atoms with Gasteiger partial charge in [-0.2, -0.15) is 13.2 Å². The second-order valence-corrected chi connectivity index (χ2v) is 2.86. The second-order valence-electron chi connectivity index (χ2n) is 2.86. The molecule has 0 aromatic carbocycles. The summed E-state index contributed by atoms with van der Waals surface area (Å²) in [6.07, 6.45) is -2.34. The van der Waals surface area contributed by atoms with Crippen molar-refractivity contribution in [3.63, 3.8) is 0 Å². The van der Waals surface area contributed by atoms with E-state index in [1.54, 1.807) is 6.92 Å². The highest BCUT2D eigenvalue weighted by molar-refractivity contribution is 6.00. The van der Waals surface area contributed by atoms with Gasteiger partial charge < -0.3 is 9.30 Å². The quantitative estimate of drug-likeness (QED) is 0.730. The summed E-state index contributed by atoms with van der Waals surface area (Å²) in [6, 6.07) is 1.12. The fourth-order valence-corrected chi connectivity index (χ4v) is 1.02. The number of alkyl halides is 3. The Morgan fingerprint density at radius 2 is 2.20 bits per heavy atom. The first kappa shape index (κ1) is 11.8. The smallest absolute Gasteiger partial charge is 0.361 e. The highest BCUT2D eigenvalue weighted by Crippen LogP contribution is 2.21. The average Bonchev–Trinajstić information content (AvgIpc) is 2.60. The Bertz CT molecular complexity index is 343. The van der Waals surface area contributed by atoms with Gasteiger partial charge in [0.25, 0.3) is 5.78 Å². The van der Waals surface area contributed by atoms with Crippen molar-refractivity contribution >= 4 is 5.78 Å². The molecule has 0 radical (unpaired) electrons. The van der Waals surface area contributed by atoms with Crippen molar-refractivity contribution < 1.29 is 22.7 Å². The standard InChI is InChI=1S/C9H10F3NO2/c1-2-15-6-13-4-3-7(5-13)8(14)9(10,11)12/h3-5H,2,6H2,1H3. The molecule has 0 bridgehead atoms. The number of aromatic nitrogens is 1. The molecule has 0 amide bonds. The van der Waals surface area contributed by atoms with E-state index in [1.165, 1.54) is 10.8 Å². The highest BCUT2D eigenvalue weighted by Gasteiger charge is 2.39. The molecule has 0 aliphatic heterocycles. The van der Waals surface area contributed by atoms with Gasteiger partial charge >= 0.3 is 6.18 Å². The van der Waals surface area contributed by atoms with Crippen molar-refractivity contribution in [1.29, 1.82) is 0 Å². The van der Waals surface area contributed by atoms with Gasteiger partial charge in [0.2, 0.25) is 0 Å². The lowest BCUT2D eigenvalue weighted by atomic mass is 10.2. The van der Waals surface area contributed by atoms with Crippen LogP contribution in [0, 0.1) is 0 Å². The zero-order valence-electron chi connectivity index (χ0n) is 8.04. The summed E-state index contributed by atoms with van der Waals surface area (Å²) in [5, 5.41) is 0. The molecule has 1 aromatic heterocycles. The summed E-state index contributed by atoms with van der Waals surface area (Å²) in [5.41, 5.74) is -0.373. The third-order valence-electron chi connectivity index (χ3n) is 1.71. The van der Waals surface area contributed by atoms with Crippen LogP contribution in [0.5, 0.6) is 0 Å². The van der Waals surface area contributed by atoms with Crippen LogP contribution in [0.4, 0.5) is 13.2 Å². The second kappa shape index (κ2) is 4.48. The first-order valence-corrected chi connectivity index (χ1v) is 4.30. The number of Topliss-reactive ketones (excluding diaryl/α,β-unsaturated/α-hetero) is 1. The third kappa shape index (κ3) is 3.09. The maximum Gasteiger partial charge on any atom is 0.454 e. The van der Waals surface area contributed by atoms with Crippen LogP contribution >= 0.6 is 0 Å². The highest BCUT2D eigenvalue weighted by atomic mass is 19.4. The molecule has 1 rings (SSSR count). The number of halogens is 3. The lowest BCUT2D eigenvalue weighted by molar-refractivity contribution is -0.0885. The van der Waals surface area contributed by atoms with E-state index in [1.807, 2.05) is 0 Å². The zero-order valence-corrected chi connectivity index (χ0v) is 8.04. The Morgan fingerprint density at radius 1 is 1.53 bits per heavy atom. The summed E-state index contributed by atoms with van der Waals surface area (Å²) in [6.45, 7) is 2.37. The van der Waals surface area contributed by atoms with Crippen molar-refractivity contribution in [2.45, 2.75) is 19.8 Å². The summed E-state index contributed by atoms with van der Waals surface area (Å²) >= 11 is 0. The minimum Gasteiger partial charge on any atom is -0.361 e. The Balaban J connectivity index is 2.72. The van der Waals surface area contributed by atoms with E-state index in [0.717, 1.165) is 12.3 Å². The van der Waals surface area contributed by atoms with Crippen LogP contribution < -0.4 is 0 Å². The van der Waals surface area contributed by atoms with E-state index in [2.05, 4.69) is 0 Å². The maximum absolute atomic E-state index is 12.0. The molecule has 0 aliphatic rings. The first-order valence-electron chi connectivity index (χ1n) is 4.30. The molecule has 84 valence electrons. The van der Waals surface area contributed by atoms with E-state index >= 15 is 0 Å². The molecule has 0 saturated carbocycles. The summed E-state index contributed by atoms with van der Waals surface area (Å²) in [4.78, 5) is 10.8. The Hall–Kier alpha value is -1.30. The van der Waals surface area contributed by atoms with Crippen LogP contribution in [0.2, 0.25) is 0 Å². The molecule has 0 fully saturated rings. The summed E-state index contributed by atoms with van der Waals surface area (Å²) < 4.78 is 42.4. The largest absolute Gasteiger partial charge is 0.454 e. The monoisotopic (exact) mass is 221 g/mol. The normalized spacial score (nSPS) is 11.7. The minimum absolute atomic E-state index is 0.141. The van der Waals surface area contributed by atoms with Gasteiger partial charge in [-0.15, -0.1) is 0 Å². The fourth-order valence-electron chi connectivity index (χ4n) is 1.02. The van der Waals surface area contributed by atoms with Crippen molar-refractivity contribution in [3.05, 3.63) is 24.0 Å². The van der Waals surface area contributed by atoms with Crippen LogP contribution in [-0.4, -0.2) is 23.1 Å². The SMILES string of the molecule is CCOCn1ccc(C(=O)C(F)(F)F)c1. The van der Waals surface area contributed by atoms with Crippen molar-refractivity contribution in [2.24, 2.45) is 0 Å². The molecule has 0 N–H and O–H groups in total. The van der Waals surface area contributed by atoms with E-state index in [4.69, 9.17) is 4.74 Å². The molecule has 1 aromatic rings. The van der Waals surface area contributed by atoms with Crippen LogP contribution in [0.15, 0.2) is 18.5 Å². The predicted octanol–water partition coefficient (Wildman–Crippen LogP) is 2.23. The lowest BCUT2D eigenvalue weighted by Crippen LogP contribution is -2.22. The van der Waals surface area contributed by atoms with Gasteiger partial charge in [-0.1, -0.05) is 0 Å². The predicted molar refractivity (Wildman–Crippen MR) is 46.4 cm³/mol. The van der Waals surface area contributed by atoms with Crippen LogP contribution in [-0.2, 0) is 11.5 Å². The number of rotatable bonds is 4. The number of nitrogens with zero attached hydrogens (tertiary/aromatic N) is 1. The molecule has 0 atom stereocenters. The van der Waals surface area contributed by atoms with Crippen molar-refractivity contribution in [3.8, 4) is 0 Å². The van der Waals surface area contributed by atoms with E-state index in [9.17, 15) is 18.0 Å². The van der Waals surface area contributed by atoms with Crippen LogP contribution in [0.3, 0.4) is 0 Å². The number of carbonyl (C=O) groups excluding carboxylic acids is 1.